The zero-order chi connectivity index (χ0) is 13.7. The van der Waals surface area contributed by atoms with Gasteiger partial charge in [0.2, 0.25) is 5.88 Å². The maximum atomic E-state index is 10.5. The van der Waals surface area contributed by atoms with E-state index in [2.05, 4.69) is 4.98 Å². The summed E-state index contributed by atoms with van der Waals surface area (Å²) in [6, 6.07) is 10.3. The van der Waals surface area contributed by atoms with E-state index in [0.29, 0.717) is 22.2 Å². The highest BCUT2D eigenvalue weighted by atomic mass is 35.5. The summed E-state index contributed by atoms with van der Waals surface area (Å²) in [5, 5.41) is 9.18. The molecular formula is C14H10ClNO3. The zero-order valence-corrected chi connectivity index (χ0v) is 10.5. The standard InChI is InChI=1S/C14H10ClNO3/c15-11-4-1-5-12(9-11)19-14-10(3-2-8-16-14)6-7-13(17)18/h1-9H,(H,17,18)/b7-6+. The molecule has 1 aromatic heterocycles. The molecule has 0 amide bonds. The molecule has 1 N–H and O–H groups in total. The van der Waals surface area contributed by atoms with Crippen molar-refractivity contribution in [2.45, 2.75) is 0 Å². The topological polar surface area (TPSA) is 59.4 Å². The van der Waals surface area contributed by atoms with E-state index in [1.165, 1.54) is 6.08 Å². The lowest BCUT2D eigenvalue weighted by Gasteiger charge is -2.07. The Morgan fingerprint density at radius 3 is 2.89 bits per heavy atom. The third-order valence-corrected chi connectivity index (χ3v) is 2.45. The normalized spacial score (nSPS) is 10.6. The number of pyridine rings is 1. The van der Waals surface area contributed by atoms with Gasteiger partial charge in [-0.05, 0) is 36.4 Å². The molecule has 0 aliphatic carbocycles. The van der Waals surface area contributed by atoms with Gasteiger partial charge in [-0.15, -0.1) is 0 Å². The summed E-state index contributed by atoms with van der Waals surface area (Å²) in [6.07, 6.45) is 4.02. The van der Waals surface area contributed by atoms with Gasteiger partial charge in [-0.1, -0.05) is 17.7 Å². The predicted molar refractivity (Wildman–Crippen MR) is 72.4 cm³/mol. The van der Waals surface area contributed by atoms with Gasteiger partial charge < -0.3 is 9.84 Å². The Morgan fingerprint density at radius 1 is 1.32 bits per heavy atom. The Kier molecular flexibility index (Phi) is 4.15. The Bertz CT molecular complexity index is 626. The van der Waals surface area contributed by atoms with E-state index >= 15 is 0 Å². The van der Waals surface area contributed by atoms with Crippen molar-refractivity contribution in [3.8, 4) is 11.6 Å². The van der Waals surface area contributed by atoms with Crippen LogP contribution < -0.4 is 4.74 Å². The van der Waals surface area contributed by atoms with Crippen molar-refractivity contribution in [3.63, 3.8) is 0 Å². The minimum Gasteiger partial charge on any atom is -0.478 e. The van der Waals surface area contributed by atoms with Gasteiger partial charge in [-0.25, -0.2) is 9.78 Å². The van der Waals surface area contributed by atoms with E-state index in [4.69, 9.17) is 21.4 Å². The summed E-state index contributed by atoms with van der Waals surface area (Å²) >= 11 is 5.86. The first-order valence-electron chi connectivity index (χ1n) is 5.44. The number of halogens is 1. The third kappa shape index (κ3) is 3.82. The molecule has 0 radical (unpaired) electrons. The van der Waals surface area contributed by atoms with Crippen LogP contribution in [0.1, 0.15) is 5.56 Å². The van der Waals surface area contributed by atoms with Gasteiger partial charge in [-0.3, -0.25) is 0 Å². The maximum Gasteiger partial charge on any atom is 0.328 e. The van der Waals surface area contributed by atoms with Gasteiger partial charge in [0, 0.05) is 22.9 Å². The summed E-state index contributed by atoms with van der Waals surface area (Å²) < 4.78 is 5.58. The second-order valence-corrected chi connectivity index (χ2v) is 4.07. The largest absolute Gasteiger partial charge is 0.478 e. The summed E-state index contributed by atoms with van der Waals surface area (Å²) in [4.78, 5) is 14.6. The fraction of sp³-hybridized carbons (Fsp3) is 0. The van der Waals surface area contributed by atoms with Crippen molar-refractivity contribution in [3.05, 3.63) is 59.3 Å². The molecule has 0 aliphatic heterocycles. The number of carboxylic acids is 1. The number of aliphatic carboxylic acids is 1. The fourth-order valence-corrected chi connectivity index (χ4v) is 1.60. The van der Waals surface area contributed by atoms with Crippen LogP contribution in [0.2, 0.25) is 5.02 Å². The van der Waals surface area contributed by atoms with Gasteiger partial charge in [0.25, 0.3) is 0 Å². The van der Waals surface area contributed by atoms with Gasteiger partial charge in [0.05, 0.1) is 0 Å². The molecule has 2 rings (SSSR count). The van der Waals surface area contributed by atoms with E-state index in [1.54, 1.807) is 42.6 Å². The average Bonchev–Trinajstić information content (AvgIpc) is 2.38. The van der Waals surface area contributed by atoms with Crippen molar-refractivity contribution < 1.29 is 14.6 Å². The van der Waals surface area contributed by atoms with E-state index in [0.717, 1.165) is 6.08 Å². The molecule has 0 spiro atoms. The van der Waals surface area contributed by atoms with Crippen LogP contribution in [0.3, 0.4) is 0 Å². The van der Waals surface area contributed by atoms with Gasteiger partial charge in [0.15, 0.2) is 0 Å². The van der Waals surface area contributed by atoms with E-state index in [9.17, 15) is 4.79 Å². The van der Waals surface area contributed by atoms with E-state index < -0.39 is 5.97 Å². The molecule has 0 saturated carbocycles. The van der Waals surface area contributed by atoms with Crippen LogP contribution in [0.4, 0.5) is 0 Å². The molecule has 4 nitrogen and oxygen atoms in total. The van der Waals surface area contributed by atoms with Gasteiger partial charge in [0.1, 0.15) is 5.75 Å². The Hall–Kier alpha value is -2.33. The van der Waals surface area contributed by atoms with Crippen molar-refractivity contribution >= 4 is 23.6 Å². The summed E-state index contributed by atoms with van der Waals surface area (Å²) in [7, 11) is 0. The minimum absolute atomic E-state index is 0.322. The molecule has 1 heterocycles. The van der Waals surface area contributed by atoms with Crippen LogP contribution in [0.25, 0.3) is 6.08 Å². The van der Waals surface area contributed by atoms with Crippen LogP contribution in [-0.2, 0) is 4.79 Å². The summed E-state index contributed by atoms with van der Waals surface area (Å²) in [6.45, 7) is 0. The van der Waals surface area contributed by atoms with Crippen molar-refractivity contribution in [1.82, 2.24) is 4.98 Å². The van der Waals surface area contributed by atoms with Crippen LogP contribution in [0.5, 0.6) is 11.6 Å². The van der Waals surface area contributed by atoms with Crippen LogP contribution in [0, 0.1) is 0 Å². The first-order valence-corrected chi connectivity index (χ1v) is 5.82. The number of hydrogen-bond donors (Lipinski definition) is 1. The Balaban J connectivity index is 2.27. The minimum atomic E-state index is -1.03. The molecule has 1 aromatic carbocycles. The molecular weight excluding hydrogens is 266 g/mol. The number of carbonyl (C=O) groups is 1. The van der Waals surface area contributed by atoms with E-state index in [1.807, 2.05) is 0 Å². The first kappa shape index (κ1) is 13.1. The van der Waals surface area contributed by atoms with Gasteiger partial charge >= 0.3 is 5.97 Å². The van der Waals surface area contributed by atoms with Crippen molar-refractivity contribution in [1.29, 1.82) is 0 Å². The Labute approximate surface area is 114 Å². The summed E-state index contributed by atoms with van der Waals surface area (Å²) in [5.41, 5.74) is 0.574. The van der Waals surface area contributed by atoms with E-state index in [-0.39, 0.29) is 0 Å². The molecule has 0 atom stereocenters. The number of benzene rings is 1. The fourth-order valence-electron chi connectivity index (χ4n) is 1.42. The molecule has 5 heteroatoms. The number of hydrogen-bond acceptors (Lipinski definition) is 3. The van der Waals surface area contributed by atoms with Crippen molar-refractivity contribution in [2.24, 2.45) is 0 Å². The highest BCUT2D eigenvalue weighted by Gasteiger charge is 2.04. The monoisotopic (exact) mass is 275 g/mol. The number of ether oxygens (including phenoxy) is 1. The highest BCUT2D eigenvalue weighted by molar-refractivity contribution is 6.30. The third-order valence-electron chi connectivity index (χ3n) is 2.22. The highest BCUT2D eigenvalue weighted by Crippen LogP contribution is 2.25. The summed E-state index contributed by atoms with van der Waals surface area (Å²) in [5.74, 6) is -0.170. The van der Waals surface area contributed by atoms with Crippen LogP contribution >= 0.6 is 11.6 Å². The number of nitrogens with zero attached hydrogens (tertiary/aromatic N) is 1. The molecule has 0 aliphatic rings. The van der Waals surface area contributed by atoms with Gasteiger partial charge in [-0.2, -0.15) is 0 Å². The molecule has 96 valence electrons. The lowest BCUT2D eigenvalue weighted by atomic mass is 10.2. The zero-order valence-electron chi connectivity index (χ0n) is 9.79. The second-order valence-electron chi connectivity index (χ2n) is 3.63. The predicted octanol–water partition coefficient (Wildman–Crippen LogP) is 3.63. The molecule has 0 bridgehead atoms. The second kappa shape index (κ2) is 6.02. The average molecular weight is 276 g/mol. The number of carboxylic acid groups (broad SMARTS) is 1. The Morgan fingerprint density at radius 2 is 2.16 bits per heavy atom. The SMILES string of the molecule is O=C(O)/C=C/c1cccnc1Oc1cccc(Cl)c1. The number of aromatic nitrogens is 1. The first-order chi connectivity index (χ1) is 9.15. The quantitative estimate of drug-likeness (QED) is 0.866. The smallest absolute Gasteiger partial charge is 0.328 e. The molecule has 0 unspecified atom stereocenters. The maximum absolute atomic E-state index is 10.5. The molecule has 2 aromatic rings. The van der Waals surface area contributed by atoms with Crippen LogP contribution in [-0.4, -0.2) is 16.1 Å². The molecule has 0 fully saturated rings. The number of rotatable bonds is 4. The lowest BCUT2D eigenvalue weighted by molar-refractivity contribution is -0.131. The molecule has 19 heavy (non-hydrogen) atoms. The van der Waals surface area contributed by atoms with Crippen LogP contribution in [0.15, 0.2) is 48.7 Å². The molecule has 0 saturated heterocycles. The lowest BCUT2D eigenvalue weighted by Crippen LogP contribution is -1.92. The van der Waals surface area contributed by atoms with Crippen molar-refractivity contribution in [2.75, 3.05) is 0 Å².